The highest BCUT2D eigenvalue weighted by atomic mass is 35.5. The summed E-state index contributed by atoms with van der Waals surface area (Å²) in [5, 5.41) is 2.38. The van der Waals surface area contributed by atoms with Gasteiger partial charge in [0.15, 0.2) is 0 Å². The number of benzene rings is 1. The van der Waals surface area contributed by atoms with Crippen molar-refractivity contribution in [1.29, 1.82) is 0 Å². The summed E-state index contributed by atoms with van der Waals surface area (Å²) in [6, 6.07) is 4.78. The van der Waals surface area contributed by atoms with Gasteiger partial charge < -0.3 is 5.73 Å². The molecule has 0 radical (unpaired) electrons. The molecule has 4 heteroatoms. The molecule has 1 aromatic carbocycles. The lowest BCUT2D eigenvalue weighted by molar-refractivity contribution is 0.617. The third-order valence-electron chi connectivity index (χ3n) is 2.80. The Bertz CT molecular complexity index is 550. The van der Waals surface area contributed by atoms with Gasteiger partial charge in [-0.3, -0.25) is 0 Å². The predicted molar refractivity (Wildman–Crippen MR) is 71.2 cm³/mol. The zero-order valence-corrected chi connectivity index (χ0v) is 11.2. The molecule has 0 saturated heterocycles. The van der Waals surface area contributed by atoms with E-state index in [1.807, 2.05) is 18.4 Å². The number of rotatable bonds is 2. The number of aryl methyl sites for hydroxylation is 2. The Morgan fingerprint density at radius 3 is 2.59 bits per heavy atom. The van der Waals surface area contributed by atoms with Gasteiger partial charge in [-0.05, 0) is 54.1 Å². The number of halogens is 2. The summed E-state index contributed by atoms with van der Waals surface area (Å²) in [5.74, 6) is -0.297. The van der Waals surface area contributed by atoms with Crippen LogP contribution < -0.4 is 5.73 Å². The van der Waals surface area contributed by atoms with Crippen molar-refractivity contribution in [3.63, 3.8) is 0 Å². The van der Waals surface area contributed by atoms with Crippen molar-refractivity contribution in [2.24, 2.45) is 5.73 Å². The number of nitrogens with two attached hydrogens (primary N) is 1. The third kappa shape index (κ3) is 2.37. The molecule has 1 aromatic heterocycles. The number of hydrogen-bond acceptors (Lipinski definition) is 2. The second-order valence-electron chi connectivity index (χ2n) is 4.07. The Kier molecular flexibility index (Phi) is 3.52. The van der Waals surface area contributed by atoms with Crippen LogP contribution in [0.1, 0.15) is 27.6 Å². The van der Waals surface area contributed by atoms with Crippen LogP contribution in [0.4, 0.5) is 4.39 Å². The van der Waals surface area contributed by atoms with Gasteiger partial charge in [0.1, 0.15) is 5.82 Å². The SMILES string of the molecule is Cc1cc(C(N)c2sccc2C)c(Cl)cc1F. The van der Waals surface area contributed by atoms with E-state index < -0.39 is 0 Å². The van der Waals surface area contributed by atoms with Gasteiger partial charge in [0.05, 0.1) is 6.04 Å². The maximum atomic E-state index is 13.3. The fourth-order valence-corrected chi connectivity index (χ4v) is 2.98. The molecule has 17 heavy (non-hydrogen) atoms. The smallest absolute Gasteiger partial charge is 0.127 e. The van der Waals surface area contributed by atoms with Crippen LogP contribution in [0, 0.1) is 19.7 Å². The zero-order chi connectivity index (χ0) is 12.6. The van der Waals surface area contributed by atoms with Crippen molar-refractivity contribution in [1.82, 2.24) is 0 Å². The minimum Gasteiger partial charge on any atom is -0.320 e. The van der Waals surface area contributed by atoms with Gasteiger partial charge in [-0.15, -0.1) is 11.3 Å². The average Bonchev–Trinajstić information content (AvgIpc) is 2.69. The van der Waals surface area contributed by atoms with Crippen LogP contribution in [0.5, 0.6) is 0 Å². The van der Waals surface area contributed by atoms with E-state index in [2.05, 4.69) is 0 Å². The average molecular weight is 270 g/mol. The molecule has 0 bridgehead atoms. The molecule has 0 amide bonds. The summed E-state index contributed by atoms with van der Waals surface area (Å²) < 4.78 is 13.3. The largest absolute Gasteiger partial charge is 0.320 e. The molecule has 1 unspecified atom stereocenters. The number of thiophene rings is 1. The number of hydrogen-bond donors (Lipinski definition) is 1. The van der Waals surface area contributed by atoms with Gasteiger partial charge in [0.2, 0.25) is 0 Å². The fourth-order valence-electron chi connectivity index (χ4n) is 1.76. The zero-order valence-electron chi connectivity index (χ0n) is 9.63. The van der Waals surface area contributed by atoms with Crippen molar-refractivity contribution in [2.45, 2.75) is 19.9 Å². The summed E-state index contributed by atoms with van der Waals surface area (Å²) in [5.41, 5.74) is 8.66. The molecular weight excluding hydrogens is 257 g/mol. The topological polar surface area (TPSA) is 26.0 Å². The highest BCUT2D eigenvalue weighted by Crippen LogP contribution is 2.32. The first-order valence-corrected chi connectivity index (χ1v) is 6.51. The van der Waals surface area contributed by atoms with Crippen molar-refractivity contribution in [2.75, 3.05) is 0 Å². The second-order valence-corrected chi connectivity index (χ2v) is 5.42. The lowest BCUT2D eigenvalue weighted by Crippen LogP contribution is -2.12. The van der Waals surface area contributed by atoms with Crippen LogP contribution in [0.3, 0.4) is 0 Å². The van der Waals surface area contributed by atoms with Crippen molar-refractivity contribution >= 4 is 22.9 Å². The Hall–Kier alpha value is -0.900. The summed E-state index contributed by atoms with van der Waals surface area (Å²) in [6.45, 7) is 3.72. The first kappa shape index (κ1) is 12.6. The molecule has 2 rings (SSSR count). The van der Waals surface area contributed by atoms with E-state index in [0.717, 1.165) is 16.0 Å². The molecule has 0 aliphatic heterocycles. The first-order valence-electron chi connectivity index (χ1n) is 5.26. The molecule has 0 fully saturated rings. The van der Waals surface area contributed by atoms with E-state index in [-0.39, 0.29) is 11.9 Å². The van der Waals surface area contributed by atoms with Crippen LogP contribution in [0.15, 0.2) is 23.6 Å². The Morgan fingerprint density at radius 1 is 1.29 bits per heavy atom. The van der Waals surface area contributed by atoms with Crippen LogP contribution in [-0.4, -0.2) is 0 Å². The van der Waals surface area contributed by atoms with Gasteiger partial charge in [0, 0.05) is 9.90 Å². The molecule has 2 N–H and O–H groups in total. The van der Waals surface area contributed by atoms with E-state index in [4.69, 9.17) is 17.3 Å². The van der Waals surface area contributed by atoms with E-state index in [0.29, 0.717) is 10.6 Å². The minimum absolute atomic E-state index is 0.290. The molecule has 2 aromatic rings. The highest BCUT2D eigenvalue weighted by Gasteiger charge is 2.17. The molecule has 0 aliphatic rings. The lowest BCUT2D eigenvalue weighted by atomic mass is 10.0. The molecule has 1 atom stereocenters. The fraction of sp³-hybridized carbons (Fsp3) is 0.231. The van der Waals surface area contributed by atoms with Crippen molar-refractivity contribution in [3.8, 4) is 0 Å². The molecule has 0 aliphatic carbocycles. The van der Waals surface area contributed by atoms with Crippen LogP contribution in [-0.2, 0) is 0 Å². The molecule has 0 saturated carbocycles. The van der Waals surface area contributed by atoms with E-state index >= 15 is 0 Å². The molecular formula is C13H13ClFNS. The highest BCUT2D eigenvalue weighted by molar-refractivity contribution is 7.10. The summed E-state index contributed by atoms with van der Waals surface area (Å²) >= 11 is 7.64. The Labute approximate surface area is 109 Å². The monoisotopic (exact) mass is 269 g/mol. The molecule has 0 spiro atoms. The van der Waals surface area contributed by atoms with Gasteiger partial charge in [-0.2, -0.15) is 0 Å². The standard InChI is InChI=1S/C13H13ClFNS/c1-7-3-4-17-13(7)12(16)9-5-8(2)11(15)6-10(9)14/h3-6,12H,16H2,1-2H3. The normalized spacial score (nSPS) is 12.8. The first-order chi connectivity index (χ1) is 8.00. The van der Waals surface area contributed by atoms with E-state index in [9.17, 15) is 4.39 Å². The second kappa shape index (κ2) is 4.77. The Morgan fingerprint density at radius 2 is 2.00 bits per heavy atom. The summed E-state index contributed by atoms with van der Waals surface area (Å²) in [7, 11) is 0. The summed E-state index contributed by atoms with van der Waals surface area (Å²) in [4.78, 5) is 1.07. The maximum absolute atomic E-state index is 13.3. The van der Waals surface area contributed by atoms with Crippen LogP contribution in [0.25, 0.3) is 0 Å². The predicted octanol–water partition coefficient (Wildman–Crippen LogP) is 4.21. The van der Waals surface area contributed by atoms with E-state index in [1.54, 1.807) is 24.3 Å². The maximum Gasteiger partial charge on any atom is 0.127 e. The van der Waals surface area contributed by atoms with Gasteiger partial charge in [0.25, 0.3) is 0 Å². The van der Waals surface area contributed by atoms with Crippen molar-refractivity contribution in [3.05, 3.63) is 56.0 Å². The minimum atomic E-state index is -0.297. The van der Waals surface area contributed by atoms with Gasteiger partial charge in [-0.1, -0.05) is 11.6 Å². The Balaban J connectivity index is 2.48. The molecule has 1 nitrogen and oxygen atoms in total. The van der Waals surface area contributed by atoms with Crippen LogP contribution in [0.2, 0.25) is 5.02 Å². The van der Waals surface area contributed by atoms with E-state index in [1.165, 1.54) is 6.07 Å². The van der Waals surface area contributed by atoms with Gasteiger partial charge >= 0.3 is 0 Å². The third-order valence-corrected chi connectivity index (χ3v) is 4.23. The van der Waals surface area contributed by atoms with Gasteiger partial charge in [-0.25, -0.2) is 4.39 Å². The quantitative estimate of drug-likeness (QED) is 0.869. The lowest BCUT2D eigenvalue weighted by Gasteiger charge is -2.14. The summed E-state index contributed by atoms with van der Waals surface area (Å²) in [6.07, 6.45) is 0. The van der Waals surface area contributed by atoms with Crippen molar-refractivity contribution < 1.29 is 4.39 Å². The molecule has 90 valence electrons. The molecule has 1 heterocycles. The van der Waals surface area contributed by atoms with Crippen LogP contribution >= 0.6 is 22.9 Å².